The van der Waals surface area contributed by atoms with E-state index in [1.807, 2.05) is 10.6 Å². The van der Waals surface area contributed by atoms with E-state index in [1.54, 1.807) is 0 Å². The number of anilines is 2. The van der Waals surface area contributed by atoms with Crippen molar-refractivity contribution in [1.82, 2.24) is 21.3 Å². The Kier molecular flexibility index (Phi) is 32.6. The number of nitrogens with two attached hydrogens (primary N) is 3. The van der Waals surface area contributed by atoms with E-state index in [0.717, 1.165) is 0 Å². The Hall–Kier alpha value is -6.39. The lowest BCUT2D eigenvalue weighted by Crippen LogP contribution is -2.67. The molecule has 48 nitrogen and oxygen atoms in total. The molecule has 5 saturated heterocycles. The molecule has 0 aliphatic carbocycles. The second-order valence-electron chi connectivity index (χ2n) is 24.3. The number of hydrogen-bond acceptors (Lipinski definition) is 40. The lowest BCUT2D eigenvalue weighted by Gasteiger charge is -2.49. The van der Waals surface area contributed by atoms with Crippen molar-refractivity contribution in [3.05, 3.63) is 20.4 Å². The summed E-state index contributed by atoms with van der Waals surface area (Å²) in [4.78, 5) is 105. The molecule has 5 aliphatic heterocycles. The molecule has 32 N–H and O–H groups in total. The number of carboxylic acid groups (broad SMARTS) is 1. The summed E-state index contributed by atoms with van der Waals surface area (Å²) in [6.45, 7) is -9.31. The van der Waals surface area contributed by atoms with Crippen molar-refractivity contribution in [2.75, 3.05) is 83.1 Å². The number of rotatable bonds is 38. The summed E-state index contributed by atoms with van der Waals surface area (Å²) in [5.74, 6) is -7.67. The molecule has 0 aromatic heterocycles. The number of aliphatic carboxylic acids is 1. The van der Waals surface area contributed by atoms with E-state index in [0.29, 0.717) is 0 Å². The molecule has 1 aromatic carbocycles. The van der Waals surface area contributed by atoms with E-state index in [1.165, 1.54) is 0 Å². The SMILES string of the molecule is NC(=O)[C@H](CO)NC(=O)[C@H](CC(=O)O)NC(=O)CNC(=O)[C@H](CCCN=C(N)N)NC(=O)CNc1c(NC[C@H](O)[C@@H](O)[C@H](O[C@@H]2O[C@H](CO[C@H]3OC[C@@H](O)[C@H](O)[C@H]3O)[C@@H](O[C@@H]3O[C@H](CO[C@H]4OC[C@@H](O)[C@H](O)[C@H]4O)[C@@H](O[C@H]4O[C@H](CO)[C@@H](O)[C@H](O)[C@H]4O)[C@H](O)[C@H]3O)[C@H](O)[C@H]2O)[C@H](O)CO)c(=O)c1=O. The monoisotopic (exact) mass is 1500 g/mol. The summed E-state index contributed by atoms with van der Waals surface area (Å²) < 4.78 is 56.5. The van der Waals surface area contributed by atoms with Gasteiger partial charge in [-0.15, -0.1) is 0 Å². The van der Waals surface area contributed by atoms with Crippen molar-refractivity contribution < 1.29 is 178 Å². The minimum Gasteiger partial charge on any atom is -0.481 e. The number of aliphatic hydroxyl groups excluding tert-OH is 19. The molecule has 0 saturated carbocycles. The van der Waals surface area contributed by atoms with E-state index in [4.69, 9.17) is 64.6 Å². The molecule has 1 aromatic rings. The maximum Gasteiger partial charge on any atom is 0.305 e. The molecule has 0 bridgehead atoms. The van der Waals surface area contributed by atoms with Gasteiger partial charge < -0.3 is 199 Å². The van der Waals surface area contributed by atoms with Crippen LogP contribution in [0, 0.1) is 0 Å². The fourth-order valence-corrected chi connectivity index (χ4v) is 10.9. The number of guanidine groups is 1. The number of amides is 5. The van der Waals surface area contributed by atoms with Crippen LogP contribution in [0.25, 0.3) is 0 Å². The van der Waals surface area contributed by atoms with Crippen molar-refractivity contribution in [1.29, 1.82) is 0 Å². The van der Waals surface area contributed by atoms with Gasteiger partial charge in [0.15, 0.2) is 37.4 Å². The molecule has 0 spiro atoms. The van der Waals surface area contributed by atoms with Gasteiger partial charge in [-0.05, 0) is 12.8 Å². The number of hydrogen-bond donors (Lipinski definition) is 29. The van der Waals surface area contributed by atoms with Crippen LogP contribution in [0.5, 0.6) is 0 Å². The van der Waals surface area contributed by atoms with Gasteiger partial charge in [-0.1, -0.05) is 0 Å². The number of aliphatic hydroxyl groups is 19. The molecular formula is C55H90N10O38. The second-order valence-corrected chi connectivity index (χ2v) is 24.3. The number of nitrogens with one attached hydrogen (secondary N) is 6. The Morgan fingerprint density at radius 2 is 1.02 bits per heavy atom. The third-order valence-electron chi connectivity index (χ3n) is 16.8. The average molecular weight is 1500 g/mol. The predicted molar refractivity (Wildman–Crippen MR) is 328 cm³/mol. The molecule has 5 aliphatic rings. The third kappa shape index (κ3) is 22.4. The fraction of sp³-hybridized carbons (Fsp3) is 0.800. The van der Waals surface area contributed by atoms with Gasteiger partial charge in [0.2, 0.25) is 29.5 Å². The van der Waals surface area contributed by atoms with Crippen molar-refractivity contribution in [3.63, 3.8) is 0 Å². The van der Waals surface area contributed by atoms with Gasteiger partial charge in [0.05, 0.1) is 71.9 Å². The van der Waals surface area contributed by atoms with Crippen LogP contribution >= 0.6 is 0 Å². The smallest absolute Gasteiger partial charge is 0.305 e. The first kappa shape index (κ1) is 85.5. The first-order valence-corrected chi connectivity index (χ1v) is 31.7. The first-order chi connectivity index (χ1) is 48.5. The van der Waals surface area contributed by atoms with Gasteiger partial charge in [-0.25, -0.2) is 0 Å². The summed E-state index contributed by atoms with van der Waals surface area (Å²) in [7, 11) is 0. The maximum atomic E-state index is 13.4. The minimum absolute atomic E-state index is 0.00356. The number of nitrogens with zero attached hydrogens (tertiary/aromatic N) is 1. The molecule has 0 radical (unpaired) electrons. The van der Waals surface area contributed by atoms with Gasteiger partial charge in [-0.2, -0.15) is 0 Å². The summed E-state index contributed by atoms with van der Waals surface area (Å²) in [5.41, 5.74) is 12.1. The predicted octanol–water partition coefficient (Wildman–Crippen LogP) is -19.5. The molecule has 103 heavy (non-hydrogen) atoms. The van der Waals surface area contributed by atoms with Crippen LogP contribution in [-0.4, -0.2) is 400 Å². The lowest BCUT2D eigenvalue weighted by atomic mass is 9.95. The molecule has 5 fully saturated rings. The first-order valence-electron chi connectivity index (χ1n) is 31.7. The highest BCUT2D eigenvalue weighted by Gasteiger charge is 2.56. The minimum atomic E-state index is -2.47. The molecule has 5 amide bonds. The quantitative estimate of drug-likeness (QED) is 0.0127. The van der Waals surface area contributed by atoms with E-state index >= 15 is 0 Å². The average Bonchev–Trinajstić information content (AvgIpc) is 0.816. The summed E-state index contributed by atoms with van der Waals surface area (Å²) in [6, 6.07) is -5.05. The Bertz CT molecular complexity index is 3030. The van der Waals surface area contributed by atoms with Crippen LogP contribution in [0.4, 0.5) is 11.4 Å². The molecule has 48 heteroatoms. The van der Waals surface area contributed by atoms with Gasteiger partial charge in [0.25, 0.3) is 10.9 Å². The molecular weight excluding hydrogens is 1410 g/mol. The number of aliphatic imine (C=N–C) groups is 1. The highest BCUT2D eigenvalue weighted by molar-refractivity contribution is 5.96. The zero-order valence-corrected chi connectivity index (χ0v) is 54.2. The molecule has 6 rings (SSSR count). The van der Waals surface area contributed by atoms with Gasteiger partial charge in [0.1, 0.15) is 158 Å². The van der Waals surface area contributed by atoms with E-state index < -0.39 is 314 Å². The van der Waals surface area contributed by atoms with Crippen LogP contribution in [0.15, 0.2) is 14.6 Å². The normalized spacial score (nSPS) is 34.7. The van der Waals surface area contributed by atoms with Gasteiger partial charge >= 0.3 is 5.97 Å². The van der Waals surface area contributed by atoms with Crippen LogP contribution in [-0.2, 0) is 76.1 Å². The van der Waals surface area contributed by atoms with Crippen LogP contribution < -0.4 is 60.0 Å². The highest BCUT2D eigenvalue weighted by atomic mass is 16.8. The zero-order chi connectivity index (χ0) is 76.6. The summed E-state index contributed by atoms with van der Waals surface area (Å²) in [5, 5.41) is 226. The standard InChI is InChI=1S/C55H90N10O38/c56-47(91)17(8-66)65-49(93)16(4-27(75)76)64-26(74)7-62-48(92)15(2-1-3-59-55(57)58)63-25(73)6-61-29-28(34(81)35(29)82)60-5-18(69)32(79)44(19(70)9-67)101-53-42(89)37(84)46(23(99-53)13-96-50-39(86)30(77)20(71)11-94-50)103-54-43(90)38(85)45(102-52-41(88)36(83)33(80)22(10-68)98-52)24(100-54)14-97-51-40(87)31(78)21(72)12-95-51/h15-24,30-33,36-46,50-54,60-61,66-72,77-80,83-90H,1-14H2,(H2,56,91)(H,62,92)(H,63,73)(H,64,74)(H,65,93)(H,75,76)(H4,57,58,59)/t15-,16-,17-,18-,19+,20+,21+,22+,23+,24+,30-,31-,32+,33+,36-,37+,38+,39+,40+,41+,42+,43+,44+,45+,46+,50+,51+,52+,53-,54-/m0/s1. The number of ether oxygens (including phenoxy) is 10. The van der Waals surface area contributed by atoms with Crippen molar-refractivity contribution in [3.8, 4) is 0 Å². The number of carbonyl (C=O) groups excluding carboxylic acids is 5. The second kappa shape index (κ2) is 39.3. The number of carbonyl (C=O) groups is 6. The van der Waals surface area contributed by atoms with Crippen LogP contribution in [0.2, 0.25) is 0 Å². The van der Waals surface area contributed by atoms with Crippen LogP contribution in [0.1, 0.15) is 19.3 Å². The van der Waals surface area contributed by atoms with Crippen molar-refractivity contribution in [2.45, 2.75) is 203 Å². The summed E-state index contributed by atoms with van der Waals surface area (Å²) >= 11 is 0. The number of carboxylic acids is 1. The van der Waals surface area contributed by atoms with E-state index in [-0.39, 0.29) is 25.3 Å². The Morgan fingerprint density at radius 1 is 0.534 bits per heavy atom. The summed E-state index contributed by atoms with van der Waals surface area (Å²) in [6.07, 6.45) is -56.9. The third-order valence-corrected chi connectivity index (χ3v) is 16.8. The largest absolute Gasteiger partial charge is 0.481 e. The Morgan fingerprint density at radius 3 is 1.52 bits per heavy atom. The topological polar surface area (TPSA) is 796 Å². The van der Waals surface area contributed by atoms with Gasteiger partial charge in [-0.3, -0.25) is 43.3 Å². The lowest BCUT2D eigenvalue weighted by molar-refractivity contribution is -0.389. The number of primary amides is 1. The van der Waals surface area contributed by atoms with E-state index in [2.05, 4.69) is 26.3 Å². The zero-order valence-electron chi connectivity index (χ0n) is 54.2. The molecule has 588 valence electrons. The maximum absolute atomic E-state index is 13.4. The molecule has 0 unspecified atom stereocenters. The molecule has 5 heterocycles. The highest BCUT2D eigenvalue weighted by Crippen LogP contribution is 2.35. The van der Waals surface area contributed by atoms with Crippen LogP contribution in [0.3, 0.4) is 0 Å². The molecule has 30 atom stereocenters. The van der Waals surface area contributed by atoms with E-state index in [9.17, 15) is 140 Å². The van der Waals surface area contributed by atoms with Crippen molar-refractivity contribution >= 4 is 52.8 Å². The Labute approximate surface area is 580 Å². The van der Waals surface area contributed by atoms with Crippen molar-refractivity contribution in [2.24, 2.45) is 22.2 Å². The fourth-order valence-electron chi connectivity index (χ4n) is 10.9. The van der Waals surface area contributed by atoms with Gasteiger partial charge in [0, 0.05) is 13.1 Å². The Balaban J connectivity index is 1.15.